The molecule has 0 amide bonds. The number of nitrogens with zero attached hydrogens (tertiary/aromatic N) is 4. The molecule has 0 atom stereocenters. The van der Waals surface area contributed by atoms with Gasteiger partial charge in [0.25, 0.3) is 0 Å². The van der Waals surface area contributed by atoms with E-state index in [1.54, 1.807) is 32.3 Å². The molecule has 0 bridgehead atoms. The van der Waals surface area contributed by atoms with Crippen molar-refractivity contribution in [1.29, 1.82) is 0 Å². The number of carboxylic acids is 1. The maximum Gasteiger partial charge on any atom is 0.335 e. The molecular formula is C25H33N5O4. The van der Waals surface area contributed by atoms with E-state index in [1.807, 2.05) is 32.9 Å². The van der Waals surface area contributed by atoms with Crippen molar-refractivity contribution in [3.05, 3.63) is 36.2 Å². The zero-order valence-electron chi connectivity index (χ0n) is 20.5. The van der Waals surface area contributed by atoms with Gasteiger partial charge < -0.3 is 14.6 Å². The Bertz CT molecular complexity index is 1090. The number of hydrogen-bond acceptors (Lipinski definition) is 7. The molecule has 2 N–H and O–H groups in total. The van der Waals surface area contributed by atoms with Crippen molar-refractivity contribution in [2.24, 2.45) is 11.3 Å². The molecule has 0 radical (unpaired) electrons. The van der Waals surface area contributed by atoms with Crippen LogP contribution >= 0.6 is 0 Å². The van der Waals surface area contributed by atoms with E-state index in [2.05, 4.69) is 25.1 Å². The zero-order chi connectivity index (χ0) is 24.7. The van der Waals surface area contributed by atoms with Crippen LogP contribution in [0, 0.1) is 18.3 Å². The molecule has 1 fully saturated rings. The van der Waals surface area contributed by atoms with Gasteiger partial charge in [0.2, 0.25) is 5.88 Å². The topological polar surface area (TPSA) is 123 Å². The van der Waals surface area contributed by atoms with Gasteiger partial charge in [0.05, 0.1) is 17.7 Å². The average Bonchev–Trinajstić information content (AvgIpc) is 3.27. The van der Waals surface area contributed by atoms with Crippen LogP contribution < -0.4 is 9.47 Å². The van der Waals surface area contributed by atoms with Crippen LogP contribution in [-0.2, 0) is 4.79 Å². The molecule has 0 aliphatic heterocycles. The van der Waals surface area contributed by atoms with Crippen LogP contribution in [0.1, 0.15) is 52.5 Å². The van der Waals surface area contributed by atoms with Crippen LogP contribution in [0.4, 0.5) is 0 Å². The van der Waals surface area contributed by atoms with Crippen LogP contribution in [0.2, 0.25) is 0 Å². The molecule has 0 saturated heterocycles. The van der Waals surface area contributed by atoms with E-state index in [-0.39, 0.29) is 6.61 Å². The quantitative estimate of drug-likeness (QED) is 0.454. The van der Waals surface area contributed by atoms with Crippen molar-refractivity contribution >= 4 is 5.97 Å². The number of aryl methyl sites for hydroxylation is 1. The van der Waals surface area contributed by atoms with Gasteiger partial charge in [0, 0.05) is 29.6 Å². The standard InChI is InChI=1S/C23H27N5O4.C2H6/c1-14-9-19(32-13-23(2,3)21(29)30)25-11-17(14)18-8-7-16(10-24-18)20-26-22(28-27-20)31-12-15-5-4-6-15;1-2/h7-11,15H,4-6,12-13H2,1-3H3,(H,29,30)(H,26,27,28);1-2H3. The molecule has 3 aromatic heterocycles. The van der Waals surface area contributed by atoms with Gasteiger partial charge >= 0.3 is 12.0 Å². The van der Waals surface area contributed by atoms with Gasteiger partial charge in [-0.2, -0.15) is 4.98 Å². The van der Waals surface area contributed by atoms with E-state index in [0.29, 0.717) is 30.2 Å². The molecular weight excluding hydrogens is 434 g/mol. The maximum atomic E-state index is 11.2. The first-order valence-corrected chi connectivity index (χ1v) is 11.7. The van der Waals surface area contributed by atoms with Crippen LogP contribution in [0.3, 0.4) is 0 Å². The van der Waals surface area contributed by atoms with Crippen molar-refractivity contribution in [3.63, 3.8) is 0 Å². The minimum Gasteiger partial charge on any atom is -0.481 e. The van der Waals surface area contributed by atoms with Gasteiger partial charge in [-0.3, -0.25) is 14.9 Å². The van der Waals surface area contributed by atoms with Gasteiger partial charge in [-0.25, -0.2) is 4.98 Å². The molecule has 0 aromatic carbocycles. The first-order valence-electron chi connectivity index (χ1n) is 11.7. The van der Waals surface area contributed by atoms with Gasteiger partial charge in [-0.1, -0.05) is 20.3 Å². The molecule has 1 saturated carbocycles. The van der Waals surface area contributed by atoms with E-state index in [1.165, 1.54) is 19.3 Å². The van der Waals surface area contributed by atoms with E-state index in [4.69, 9.17) is 9.47 Å². The Labute approximate surface area is 200 Å². The Morgan fingerprint density at radius 1 is 1.18 bits per heavy atom. The van der Waals surface area contributed by atoms with Crippen LogP contribution in [0.15, 0.2) is 30.6 Å². The van der Waals surface area contributed by atoms with Crippen molar-refractivity contribution in [1.82, 2.24) is 25.1 Å². The minimum absolute atomic E-state index is 0.0323. The van der Waals surface area contributed by atoms with E-state index in [9.17, 15) is 9.90 Å². The zero-order valence-corrected chi connectivity index (χ0v) is 20.5. The Morgan fingerprint density at radius 2 is 1.94 bits per heavy atom. The van der Waals surface area contributed by atoms with Gasteiger partial charge in [-0.15, -0.1) is 5.10 Å². The van der Waals surface area contributed by atoms with Gasteiger partial charge in [-0.05, 0) is 57.2 Å². The highest BCUT2D eigenvalue weighted by Gasteiger charge is 2.28. The monoisotopic (exact) mass is 467 g/mol. The predicted molar refractivity (Wildman–Crippen MR) is 129 cm³/mol. The van der Waals surface area contributed by atoms with E-state index >= 15 is 0 Å². The Balaban J connectivity index is 0.00000158. The Kier molecular flexibility index (Phi) is 8.20. The molecule has 4 rings (SSSR count). The average molecular weight is 468 g/mol. The third-order valence-corrected chi connectivity index (χ3v) is 5.70. The number of aromatic nitrogens is 5. The first-order chi connectivity index (χ1) is 16.3. The molecule has 1 aliphatic carbocycles. The number of carbonyl (C=O) groups is 1. The Hall–Kier alpha value is -3.49. The fraction of sp³-hybridized carbons (Fsp3) is 0.480. The summed E-state index contributed by atoms with van der Waals surface area (Å²) in [6.07, 6.45) is 7.11. The smallest absolute Gasteiger partial charge is 0.335 e. The second kappa shape index (κ2) is 11.1. The molecule has 34 heavy (non-hydrogen) atoms. The molecule has 9 nitrogen and oxygen atoms in total. The summed E-state index contributed by atoms with van der Waals surface area (Å²) in [5, 5.41) is 16.2. The number of rotatable bonds is 9. The normalized spacial score (nSPS) is 13.4. The lowest BCUT2D eigenvalue weighted by Crippen LogP contribution is -2.30. The van der Waals surface area contributed by atoms with E-state index in [0.717, 1.165) is 22.4 Å². The lowest BCUT2D eigenvalue weighted by molar-refractivity contribution is -0.148. The van der Waals surface area contributed by atoms with Crippen molar-refractivity contribution in [3.8, 4) is 34.5 Å². The molecule has 3 aromatic rings. The van der Waals surface area contributed by atoms with Crippen LogP contribution in [-0.4, -0.2) is 49.4 Å². The highest BCUT2D eigenvalue weighted by Crippen LogP contribution is 2.28. The number of hydrogen-bond donors (Lipinski definition) is 2. The molecule has 182 valence electrons. The molecule has 3 heterocycles. The van der Waals surface area contributed by atoms with E-state index < -0.39 is 11.4 Å². The summed E-state index contributed by atoms with van der Waals surface area (Å²) in [7, 11) is 0. The summed E-state index contributed by atoms with van der Waals surface area (Å²) in [4.78, 5) is 24.5. The third-order valence-electron chi connectivity index (χ3n) is 5.70. The number of nitrogens with one attached hydrogen (secondary N) is 1. The molecule has 9 heteroatoms. The first kappa shape index (κ1) is 25.1. The Morgan fingerprint density at radius 3 is 2.53 bits per heavy atom. The van der Waals surface area contributed by atoms with Gasteiger partial charge in [0.1, 0.15) is 6.61 Å². The lowest BCUT2D eigenvalue weighted by atomic mass is 9.86. The largest absolute Gasteiger partial charge is 0.481 e. The summed E-state index contributed by atoms with van der Waals surface area (Å²) in [5.41, 5.74) is 2.37. The van der Waals surface area contributed by atoms with Crippen molar-refractivity contribution < 1.29 is 19.4 Å². The summed E-state index contributed by atoms with van der Waals surface area (Å²) in [5.74, 6) is 0.690. The number of H-pyrrole nitrogens is 1. The van der Waals surface area contributed by atoms with Crippen LogP contribution in [0.25, 0.3) is 22.6 Å². The van der Waals surface area contributed by atoms with Gasteiger partial charge in [0.15, 0.2) is 5.82 Å². The summed E-state index contributed by atoms with van der Waals surface area (Å²) < 4.78 is 11.2. The molecule has 0 unspecified atom stereocenters. The summed E-state index contributed by atoms with van der Waals surface area (Å²) in [6.45, 7) is 9.85. The lowest BCUT2D eigenvalue weighted by Gasteiger charge is -2.23. The summed E-state index contributed by atoms with van der Waals surface area (Å²) in [6, 6.07) is 5.95. The maximum absolute atomic E-state index is 11.2. The highest BCUT2D eigenvalue weighted by molar-refractivity contribution is 5.73. The second-order valence-corrected chi connectivity index (χ2v) is 8.82. The number of carboxylic acid groups (broad SMARTS) is 1. The summed E-state index contributed by atoms with van der Waals surface area (Å²) >= 11 is 0. The highest BCUT2D eigenvalue weighted by atomic mass is 16.5. The SMILES string of the molecule is CC.Cc1cc(OCC(C)(C)C(=O)O)ncc1-c1ccc(-c2nc(OCC3CCC3)n[nH]2)cn1. The van der Waals surface area contributed by atoms with Crippen molar-refractivity contribution in [2.75, 3.05) is 13.2 Å². The number of pyridine rings is 2. The minimum atomic E-state index is -0.992. The van der Waals surface area contributed by atoms with Crippen LogP contribution in [0.5, 0.6) is 11.9 Å². The fourth-order valence-electron chi connectivity index (χ4n) is 3.18. The fourth-order valence-corrected chi connectivity index (χ4v) is 3.18. The number of ether oxygens (including phenoxy) is 2. The number of aliphatic carboxylic acids is 1. The molecule has 1 aliphatic rings. The molecule has 0 spiro atoms. The second-order valence-electron chi connectivity index (χ2n) is 8.82. The third kappa shape index (κ3) is 6.09. The number of aromatic amines is 1. The predicted octanol–water partition coefficient (Wildman–Crippen LogP) is 4.93. The van der Waals surface area contributed by atoms with Crippen molar-refractivity contribution in [2.45, 2.75) is 53.9 Å².